The summed E-state index contributed by atoms with van der Waals surface area (Å²) in [5.74, 6) is 0.676. The SMILES string of the molecule is Cc1nc(CCNC2CCOC3(CCOCC3)C2)cc(=O)[nH]1. The van der Waals surface area contributed by atoms with Crippen LogP contribution in [0.4, 0.5) is 0 Å². The molecule has 2 aliphatic rings. The average molecular weight is 307 g/mol. The van der Waals surface area contributed by atoms with Crippen LogP contribution in [0.2, 0.25) is 0 Å². The van der Waals surface area contributed by atoms with Gasteiger partial charge in [-0.2, -0.15) is 0 Å². The summed E-state index contributed by atoms with van der Waals surface area (Å²) in [6, 6.07) is 2.06. The fourth-order valence-electron chi connectivity index (χ4n) is 3.47. The topological polar surface area (TPSA) is 76.2 Å². The molecule has 6 nitrogen and oxygen atoms in total. The molecule has 1 aromatic rings. The second-order valence-electron chi connectivity index (χ2n) is 6.36. The summed E-state index contributed by atoms with van der Waals surface area (Å²) < 4.78 is 11.5. The normalized spacial score (nSPS) is 24.5. The minimum atomic E-state index is -0.0743. The lowest BCUT2D eigenvalue weighted by molar-refractivity contribution is -0.140. The second-order valence-corrected chi connectivity index (χ2v) is 6.36. The van der Waals surface area contributed by atoms with Crippen molar-refractivity contribution in [3.63, 3.8) is 0 Å². The highest BCUT2D eigenvalue weighted by Crippen LogP contribution is 2.34. The number of nitrogens with zero attached hydrogens (tertiary/aromatic N) is 1. The van der Waals surface area contributed by atoms with Gasteiger partial charge in [0, 0.05) is 50.6 Å². The van der Waals surface area contributed by atoms with Crippen LogP contribution in [0.3, 0.4) is 0 Å². The molecule has 0 radical (unpaired) electrons. The van der Waals surface area contributed by atoms with Crippen LogP contribution in [0, 0.1) is 6.92 Å². The number of nitrogens with one attached hydrogen (secondary N) is 2. The standard InChI is InChI=1S/C16H25N3O3/c1-12-18-13(10-15(20)19-12)2-6-17-14-3-7-22-16(11-14)4-8-21-9-5-16/h10,14,17H,2-9,11H2,1H3,(H,18,19,20). The van der Waals surface area contributed by atoms with Crippen LogP contribution in [0.25, 0.3) is 0 Å². The number of H-pyrrole nitrogens is 1. The molecule has 1 atom stereocenters. The van der Waals surface area contributed by atoms with E-state index in [1.807, 2.05) is 6.92 Å². The predicted octanol–water partition coefficient (Wildman–Crippen LogP) is 0.939. The molecule has 3 rings (SSSR count). The van der Waals surface area contributed by atoms with Crippen molar-refractivity contribution >= 4 is 0 Å². The first-order chi connectivity index (χ1) is 10.7. The van der Waals surface area contributed by atoms with E-state index in [1.165, 1.54) is 0 Å². The Kier molecular flexibility index (Phi) is 4.90. The maximum absolute atomic E-state index is 11.4. The molecule has 122 valence electrons. The number of aromatic nitrogens is 2. The van der Waals surface area contributed by atoms with Crippen molar-refractivity contribution in [2.45, 2.75) is 50.7 Å². The molecular weight excluding hydrogens is 282 g/mol. The Labute approximate surface area is 130 Å². The van der Waals surface area contributed by atoms with E-state index in [4.69, 9.17) is 9.47 Å². The number of rotatable bonds is 4. The zero-order chi connectivity index (χ0) is 15.4. The Morgan fingerprint density at radius 1 is 1.41 bits per heavy atom. The Morgan fingerprint density at radius 2 is 2.23 bits per heavy atom. The molecule has 0 aromatic carbocycles. The lowest BCUT2D eigenvalue weighted by atomic mass is 9.84. The fraction of sp³-hybridized carbons (Fsp3) is 0.750. The van der Waals surface area contributed by atoms with Gasteiger partial charge in [-0.25, -0.2) is 4.98 Å². The van der Waals surface area contributed by atoms with Crippen LogP contribution in [-0.4, -0.2) is 48.0 Å². The molecule has 6 heteroatoms. The van der Waals surface area contributed by atoms with Crippen LogP contribution in [0.5, 0.6) is 0 Å². The maximum Gasteiger partial charge on any atom is 0.251 e. The molecule has 22 heavy (non-hydrogen) atoms. The zero-order valence-electron chi connectivity index (χ0n) is 13.2. The van der Waals surface area contributed by atoms with Crippen molar-refractivity contribution in [2.24, 2.45) is 0 Å². The van der Waals surface area contributed by atoms with Gasteiger partial charge >= 0.3 is 0 Å². The highest BCUT2D eigenvalue weighted by molar-refractivity contribution is 5.02. The van der Waals surface area contributed by atoms with Gasteiger partial charge in [0.2, 0.25) is 0 Å². The van der Waals surface area contributed by atoms with Gasteiger partial charge in [0.15, 0.2) is 0 Å². The minimum absolute atomic E-state index is 0.0207. The van der Waals surface area contributed by atoms with Gasteiger partial charge < -0.3 is 19.8 Å². The molecule has 2 saturated heterocycles. The molecule has 0 aliphatic carbocycles. The molecule has 2 N–H and O–H groups in total. The lowest BCUT2D eigenvalue weighted by Crippen LogP contribution is -2.50. The fourth-order valence-corrected chi connectivity index (χ4v) is 3.47. The van der Waals surface area contributed by atoms with Crippen molar-refractivity contribution in [3.05, 3.63) is 27.9 Å². The van der Waals surface area contributed by atoms with Crippen LogP contribution in [0.15, 0.2) is 10.9 Å². The molecule has 3 heterocycles. The van der Waals surface area contributed by atoms with Crippen LogP contribution in [0.1, 0.15) is 37.2 Å². The number of aromatic amines is 1. The third kappa shape index (κ3) is 3.94. The summed E-state index contributed by atoms with van der Waals surface area (Å²) in [6.07, 6.45) is 4.88. The zero-order valence-corrected chi connectivity index (χ0v) is 13.2. The molecule has 1 unspecified atom stereocenters. The van der Waals surface area contributed by atoms with Crippen molar-refractivity contribution in [1.29, 1.82) is 0 Å². The van der Waals surface area contributed by atoms with Gasteiger partial charge in [0.1, 0.15) is 5.82 Å². The first-order valence-corrected chi connectivity index (χ1v) is 8.17. The largest absolute Gasteiger partial charge is 0.381 e. The third-order valence-electron chi connectivity index (χ3n) is 4.62. The Balaban J connectivity index is 1.49. The van der Waals surface area contributed by atoms with Crippen LogP contribution >= 0.6 is 0 Å². The Hall–Kier alpha value is -1.24. The van der Waals surface area contributed by atoms with E-state index in [9.17, 15) is 4.79 Å². The number of hydrogen-bond donors (Lipinski definition) is 2. The van der Waals surface area contributed by atoms with E-state index in [0.29, 0.717) is 11.9 Å². The van der Waals surface area contributed by atoms with E-state index in [0.717, 1.165) is 64.2 Å². The monoisotopic (exact) mass is 307 g/mol. The van der Waals surface area contributed by atoms with Crippen molar-refractivity contribution < 1.29 is 9.47 Å². The summed E-state index contributed by atoms with van der Waals surface area (Å²) in [4.78, 5) is 18.5. The second kappa shape index (κ2) is 6.89. The van der Waals surface area contributed by atoms with Gasteiger partial charge in [-0.3, -0.25) is 4.79 Å². The Morgan fingerprint density at radius 3 is 3.00 bits per heavy atom. The summed E-state index contributed by atoms with van der Waals surface area (Å²) in [7, 11) is 0. The van der Waals surface area contributed by atoms with Crippen LogP contribution < -0.4 is 10.9 Å². The molecule has 1 aromatic heterocycles. The quantitative estimate of drug-likeness (QED) is 0.866. The highest BCUT2D eigenvalue weighted by Gasteiger charge is 2.38. The van der Waals surface area contributed by atoms with E-state index in [-0.39, 0.29) is 11.2 Å². The number of ether oxygens (including phenoxy) is 2. The highest BCUT2D eigenvalue weighted by atomic mass is 16.5. The molecule has 1 spiro atoms. The third-order valence-corrected chi connectivity index (χ3v) is 4.62. The van der Waals surface area contributed by atoms with Gasteiger partial charge in [0.05, 0.1) is 5.60 Å². The summed E-state index contributed by atoms with van der Waals surface area (Å²) in [5.41, 5.74) is 0.795. The molecule has 2 aliphatic heterocycles. The molecular formula is C16H25N3O3. The number of aryl methyl sites for hydroxylation is 1. The lowest BCUT2D eigenvalue weighted by Gasteiger charge is -2.43. The predicted molar refractivity (Wildman–Crippen MR) is 83.1 cm³/mol. The maximum atomic E-state index is 11.4. The van der Waals surface area contributed by atoms with Crippen LogP contribution in [-0.2, 0) is 15.9 Å². The molecule has 2 fully saturated rings. The molecule has 0 saturated carbocycles. The van der Waals surface area contributed by atoms with Gasteiger partial charge in [-0.15, -0.1) is 0 Å². The molecule has 0 bridgehead atoms. The van der Waals surface area contributed by atoms with Gasteiger partial charge in [-0.1, -0.05) is 0 Å². The summed E-state index contributed by atoms with van der Waals surface area (Å²) >= 11 is 0. The smallest absolute Gasteiger partial charge is 0.251 e. The van der Waals surface area contributed by atoms with Gasteiger partial charge in [0.25, 0.3) is 5.56 Å². The van der Waals surface area contributed by atoms with Crippen molar-refractivity contribution in [1.82, 2.24) is 15.3 Å². The van der Waals surface area contributed by atoms with E-state index >= 15 is 0 Å². The number of hydrogen-bond acceptors (Lipinski definition) is 5. The van der Waals surface area contributed by atoms with E-state index in [2.05, 4.69) is 15.3 Å². The molecule has 0 amide bonds. The first kappa shape index (κ1) is 15.6. The van der Waals surface area contributed by atoms with Crippen molar-refractivity contribution in [2.75, 3.05) is 26.4 Å². The van der Waals surface area contributed by atoms with E-state index < -0.39 is 0 Å². The van der Waals surface area contributed by atoms with E-state index in [1.54, 1.807) is 6.07 Å². The van der Waals surface area contributed by atoms with Crippen molar-refractivity contribution in [3.8, 4) is 0 Å². The Bertz CT molecular complexity index is 546. The summed E-state index contributed by atoms with van der Waals surface area (Å²) in [5, 5.41) is 3.61. The average Bonchev–Trinajstić information content (AvgIpc) is 2.47. The minimum Gasteiger partial charge on any atom is -0.381 e. The first-order valence-electron chi connectivity index (χ1n) is 8.17. The summed E-state index contributed by atoms with van der Waals surface area (Å²) in [6.45, 7) is 5.09. The van der Waals surface area contributed by atoms with Gasteiger partial charge in [-0.05, 0) is 32.6 Å².